The second kappa shape index (κ2) is 9.32. The van der Waals surface area contributed by atoms with Crippen molar-refractivity contribution in [2.45, 2.75) is 58.8 Å². The topological polar surface area (TPSA) is 50.8 Å². The summed E-state index contributed by atoms with van der Waals surface area (Å²) >= 11 is 0. The fraction of sp³-hybridized carbons (Fsp3) is 0.933. The first-order chi connectivity index (χ1) is 9.56. The highest BCUT2D eigenvalue weighted by atomic mass is 16.5. The molecule has 1 aliphatic rings. The van der Waals surface area contributed by atoms with E-state index in [9.17, 15) is 4.79 Å². The fourth-order valence-electron chi connectivity index (χ4n) is 2.64. The Kier molecular flexibility index (Phi) is 8.11. The third-order valence-corrected chi connectivity index (χ3v) is 3.44. The minimum absolute atomic E-state index is 0.129. The van der Waals surface area contributed by atoms with Gasteiger partial charge in [-0.25, -0.2) is 0 Å². The summed E-state index contributed by atoms with van der Waals surface area (Å²) in [6.07, 6.45) is 2.34. The van der Waals surface area contributed by atoms with E-state index in [1.807, 2.05) is 6.92 Å². The molecule has 1 saturated heterocycles. The van der Waals surface area contributed by atoms with E-state index in [0.29, 0.717) is 6.61 Å². The van der Waals surface area contributed by atoms with Crippen LogP contribution in [0.15, 0.2) is 0 Å². The van der Waals surface area contributed by atoms with E-state index in [1.165, 1.54) is 0 Å². The highest BCUT2D eigenvalue weighted by Gasteiger charge is 2.24. The number of morpholine rings is 1. The standard InChI is InChI=1S/C15H30N2O3/c1-5-8-16-14(15(18)19-6-2)7-9-17-10-12(3)20-13(4)11-17/h12-14,16H,5-11H2,1-4H3/t12-,13+,14?. The molecule has 118 valence electrons. The molecule has 3 atom stereocenters. The zero-order chi connectivity index (χ0) is 15.0. The summed E-state index contributed by atoms with van der Waals surface area (Å²) in [6.45, 7) is 12.2. The molecule has 0 aliphatic carbocycles. The Bertz CT molecular complexity index is 276. The smallest absolute Gasteiger partial charge is 0.323 e. The second-order valence-electron chi connectivity index (χ2n) is 5.56. The number of hydrogen-bond acceptors (Lipinski definition) is 5. The van der Waals surface area contributed by atoms with Crippen LogP contribution in [-0.4, -0.2) is 61.9 Å². The molecular weight excluding hydrogens is 256 g/mol. The Morgan fingerprint density at radius 1 is 1.35 bits per heavy atom. The van der Waals surface area contributed by atoms with Gasteiger partial charge in [-0.3, -0.25) is 9.69 Å². The molecular formula is C15H30N2O3. The van der Waals surface area contributed by atoms with Crippen molar-refractivity contribution in [1.29, 1.82) is 0 Å². The number of nitrogens with zero attached hydrogens (tertiary/aromatic N) is 1. The number of rotatable bonds is 8. The third-order valence-electron chi connectivity index (χ3n) is 3.44. The highest BCUT2D eigenvalue weighted by molar-refractivity contribution is 5.75. The average molecular weight is 286 g/mol. The van der Waals surface area contributed by atoms with Crippen LogP contribution in [0, 0.1) is 0 Å². The number of ether oxygens (including phenoxy) is 2. The van der Waals surface area contributed by atoms with Gasteiger partial charge < -0.3 is 14.8 Å². The van der Waals surface area contributed by atoms with Crippen LogP contribution in [0.25, 0.3) is 0 Å². The molecule has 0 amide bonds. The number of carbonyl (C=O) groups is 1. The van der Waals surface area contributed by atoms with Crippen molar-refractivity contribution in [2.24, 2.45) is 0 Å². The lowest BCUT2D eigenvalue weighted by molar-refractivity contribution is -0.146. The first-order valence-corrected chi connectivity index (χ1v) is 7.84. The number of carbonyl (C=O) groups excluding carboxylic acids is 1. The molecule has 1 N–H and O–H groups in total. The van der Waals surface area contributed by atoms with Gasteiger partial charge in [-0.05, 0) is 40.2 Å². The molecule has 0 aromatic carbocycles. The number of esters is 1. The summed E-state index contributed by atoms with van der Waals surface area (Å²) < 4.78 is 10.9. The Balaban J connectivity index is 2.41. The first-order valence-electron chi connectivity index (χ1n) is 7.84. The zero-order valence-electron chi connectivity index (χ0n) is 13.4. The summed E-state index contributed by atoms with van der Waals surface area (Å²) in [4.78, 5) is 14.3. The van der Waals surface area contributed by atoms with E-state index < -0.39 is 0 Å². The van der Waals surface area contributed by atoms with Crippen molar-refractivity contribution < 1.29 is 14.3 Å². The van der Waals surface area contributed by atoms with Crippen LogP contribution >= 0.6 is 0 Å². The molecule has 1 rings (SSSR count). The maximum atomic E-state index is 11.9. The molecule has 0 spiro atoms. The van der Waals surface area contributed by atoms with E-state index in [0.717, 1.165) is 39.0 Å². The molecule has 5 nitrogen and oxygen atoms in total. The molecule has 0 aromatic rings. The summed E-state index contributed by atoms with van der Waals surface area (Å²) in [6, 6.07) is -0.191. The third kappa shape index (κ3) is 6.20. The van der Waals surface area contributed by atoms with E-state index in [2.05, 4.69) is 31.0 Å². The van der Waals surface area contributed by atoms with E-state index in [4.69, 9.17) is 9.47 Å². The van der Waals surface area contributed by atoms with Gasteiger partial charge >= 0.3 is 5.97 Å². The molecule has 0 saturated carbocycles. The Morgan fingerprint density at radius 2 is 2.00 bits per heavy atom. The van der Waals surface area contributed by atoms with Crippen molar-refractivity contribution in [2.75, 3.05) is 32.8 Å². The van der Waals surface area contributed by atoms with Crippen LogP contribution in [0.1, 0.15) is 40.5 Å². The minimum Gasteiger partial charge on any atom is -0.465 e. The monoisotopic (exact) mass is 286 g/mol. The quantitative estimate of drug-likeness (QED) is 0.684. The first kappa shape index (κ1) is 17.4. The molecule has 0 radical (unpaired) electrons. The molecule has 20 heavy (non-hydrogen) atoms. The van der Waals surface area contributed by atoms with Crippen LogP contribution in [0.3, 0.4) is 0 Å². The molecule has 1 unspecified atom stereocenters. The number of nitrogens with one attached hydrogen (secondary N) is 1. The lowest BCUT2D eigenvalue weighted by atomic mass is 10.1. The second-order valence-corrected chi connectivity index (χ2v) is 5.56. The number of hydrogen-bond donors (Lipinski definition) is 1. The Labute approximate surface area is 123 Å². The van der Waals surface area contributed by atoms with E-state index in [1.54, 1.807) is 0 Å². The zero-order valence-corrected chi connectivity index (χ0v) is 13.4. The lowest BCUT2D eigenvalue weighted by Crippen LogP contribution is -2.48. The van der Waals surface area contributed by atoms with Gasteiger partial charge in [-0.1, -0.05) is 6.92 Å². The maximum Gasteiger partial charge on any atom is 0.323 e. The average Bonchev–Trinajstić information content (AvgIpc) is 2.38. The fourth-order valence-corrected chi connectivity index (χ4v) is 2.64. The Morgan fingerprint density at radius 3 is 2.55 bits per heavy atom. The van der Waals surface area contributed by atoms with Crippen LogP contribution in [0.4, 0.5) is 0 Å². The van der Waals surface area contributed by atoms with Gasteiger partial charge in [0.25, 0.3) is 0 Å². The minimum atomic E-state index is -0.191. The van der Waals surface area contributed by atoms with Crippen molar-refractivity contribution in [3.8, 4) is 0 Å². The van der Waals surface area contributed by atoms with E-state index in [-0.39, 0.29) is 24.2 Å². The highest BCUT2D eigenvalue weighted by Crippen LogP contribution is 2.11. The van der Waals surface area contributed by atoms with Gasteiger partial charge in [0.15, 0.2) is 0 Å². The molecule has 1 heterocycles. The van der Waals surface area contributed by atoms with Gasteiger partial charge in [0.2, 0.25) is 0 Å². The summed E-state index contributed by atoms with van der Waals surface area (Å²) in [5.41, 5.74) is 0. The molecule has 0 aromatic heterocycles. The van der Waals surface area contributed by atoms with Crippen LogP contribution < -0.4 is 5.32 Å². The van der Waals surface area contributed by atoms with Crippen molar-refractivity contribution >= 4 is 5.97 Å². The molecule has 0 bridgehead atoms. The predicted molar refractivity (Wildman–Crippen MR) is 79.8 cm³/mol. The van der Waals surface area contributed by atoms with E-state index >= 15 is 0 Å². The van der Waals surface area contributed by atoms with Crippen LogP contribution in [-0.2, 0) is 14.3 Å². The van der Waals surface area contributed by atoms with Gasteiger partial charge in [0, 0.05) is 19.6 Å². The van der Waals surface area contributed by atoms with Crippen molar-refractivity contribution in [3.63, 3.8) is 0 Å². The van der Waals surface area contributed by atoms with Gasteiger partial charge in [-0.15, -0.1) is 0 Å². The predicted octanol–water partition coefficient (Wildman–Crippen LogP) is 1.42. The van der Waals surface area contributed by atoms with Crippen LogP contribution in [0.5, 0.6) is 0 Å². The molecule has 1 fully saturated rings. The van der Waals surface area contributed by atoms with Gasteiger partial charge in [0.05, 0.1) is 18.8 Å². The van der Waals surface area contributed by atoms with Crippen molar-refractivity contribution in [1.82, 2.24) is 10.2 Å². The molecule has 1 aliphatic heterocycles. The van der Waals surface area contributed by atoms with Gasteiger partial charge in [0.1, 0.15) is 6.04 Å². The van der Waals surface area contributed by atoms with Gasteiger partial charge in [-0.2, -0.15) is 0 Å². The van der Waals surface area contributed by atoms with Crippen LogP contribution in [0.2, 0.25) is 0 Å². The Hall–Kier alpha value is -0.650. The van der Waals surface area contributed by atoms with Crippen molar-refractivity contribution in [3.05, 3.63) is 0 Å². The maximum absolute atomic E-state index is 11.9. The normalized spacial score (nSPS) is 25.4. The summed E-state index contributed by atoms with van der Waals surface area (Å²) in [7, 11) is 0. The largest absolute Gasteiger partial charge is 0.465 e. The summed E-state index contributed by atoms with van der Waals surface area (Å²) in [5, 5.41) is 3.28. The summed E-state index contributed by atoms with van der Waals surface area (Å²) in [5.74, 6) is -0.129. The lowest BCUT2D eigenvalue weighted by Gasteiger charge is -2.35. The molecule has 5 heteroatoms. The SMILES string of the molecule is CCCNC(CCN1C[C@@H](C)O[C@@H](C)C1)C(=O)OCC.